The molecule has 0 saturated heterocycles. The fraction of sp³-hybridized carbons (Fsp3) is 0.296. The molecule has 0 fully saturated rings. The van der Waals surface area contributed by atoms with E-state index in [1.54, 1.807) is 18.2 Å². The van der Waals surface area contributed by atoms with E-state index in [4.69, 9.17) is 68.0 Å². The van der Waals surface area contributed by atoms with Crippen molar-refractivity contribution >= 4 is 195 Å². The summed E-state index contributed by atoms with van der Waals surface area (Å²) in [5.74, 6) is 1.43. The van der Waals surface area contributed by atoms with E-state index in [9.17, 15) is 33.6 Å². The normalized spacial score (nSPS) is 12.2. The number of carbonyl (C=O) groups is 7. The average molecular weight is 1990 g/mol. The van der Waals surface area contributed by atoms with Crippen molar-refractivity contribution in [1.82, 2.24) is 0 Å². The number of aryl methyl sites for hydroxylation is 2. The van der Waals surface area contributed by atoms with Crippen molar-refractivity contribution < 1.29 is 66.7 Å². The first-order valence-electron chi connectivity index (χ1n) is 45.7. The Bertz CT molecular complexity index is 5910. The molecule has 0 spiro atoms. The summed E-state index contributed by atoms with van der Waals surface area (Å²) in [5, 5.41) is 18.1. The highest BCUT2D eigenvalue weighted by Gasteiger charge is 2.29. The number of fused-ring (bicyclic) bond motifs is 8. The minimum absolute atomic E-state index is 0.0642. The standard InChI is InChI=1S/C20H20O2.C19H17BrO2.C19H17ClO2.C15H15BrO2.C15H15ClO2.C14H20O2.C13H17ClO2/c1-4-13(2)20(21)22-19-17-11-7-5-9-15(17)14(3)16-10-6-8-12-18(16)19;2*1-3-12(2)19(21)22-18-15-10-6-4-8-13(15)17(20)14-9-5-7-11-16(14)18;2*1-3-10(2)15(17)18-14-7-5-11-8-13(16)6-4-12(11)9-14;1-5-14(3,4)13(15)16-10-12-8-6-11(2)7-9-12;1-4-13(2,3)12(15)16-9-10-5-7-11(14)8-6-10/h5-13H,4H2,1-3H3;2*4-12H,3H2,1-2H3;2*4-10H,3H2,1-2H3;6-9H,5,10H2,1-4H3;5-8H,4,9H2,1-3H3. The third-order valence-corrected chi connectivity index (χ3v) is 26.3. The molecule has 15 rings (SSSR count). The number of hydrogen-bond acceptors (Lipinski definition) is 14. The van der Waals surface area contributed by atoms with E-state index in [0.29, 0.717) is 57.0 Å². The van der Waals surface area contributed by atoms with Crippen LogP contribution in [0.3, 0.4) is 0 Å². The highest BCUT2D eigenvalue weighted by Crippen LogP contribution is 2.44. The topological polar surface area (TPSA) is 184 Å². The fourth-order valence-corrected chi connectivity index (χ4v) is 15.0. The third kappa shape index (κ3) is 28.8. The van der Waals surface area contributed by atoms with Gasteiger partial charge >= 0.3 is 41.8 Å². The third-order valence-electron chi connectivity index (χ3n) is 24.1. The zero-order chi connectivity index (χ0) is 97.7. The summed E-state index contributed by atoms with van der Waals surface area (Å²) in [5.41, 5.74) is 3.62. The molecule has 134 heavy (non-hydrogen) atoms. The van der Waals surface area contributed by atoms with Gasteiger partial charge in [-0.05, 0) is 212 Å². The second-order valence-corrected chi connectivity index (χ2v) is 37.7. The SMILES string of the molecule is CCC(C)(C)C(=O)OCc1ccc(C)cc1.CCC(C)(C)C(=O)OCc1ccc(Cl)cc1.CCC(C)C(=O)Oc1c2ccccc2c(Br)c2ccccc12.CCC(C)C(=O)Oc1c2ccccc2c(C)c2ccccc12.CCC(C)C(=O)Oc1c2ccccc2c(Cl)c2ccccc12.CCC(C)C(=O)Oc1ccc2cc(Br)ccc2c1.CCC(C)C(=O)Oc1ccc2cc(Cl)ccc2c1. The van der Waals surface area contributed by atoms with Crippen molar-refractivity contribution in [3.8, 4) is 28.7 Å². The highest BCUT2D eigenvalue weighted by molar-refractivity contribution is 9.11. The lowest BCUT2D eigenvalue weighted by molar-refractivity contribution is -0.156. The molecular formula is C115H121Br2Cl3O14. The van der Waals surface area contributed by atoms with Gasteiger partial charge in [0.1, 0.15) is 42.0 Å². The van der Waals surface area contributed by atoms with Gasteiger partial charge in [-0.2, -0.15) is 0 Å². The van der Waals surface area contributed by atoms with Gasteiger partial charge in [-0.25, -0.2) is 0 Å². The molecule has 0 radical (unpaired) electrons. The van der Waals surface area contributed by atoms with E-state index in [-0.39, 0.29) is 76.8 Å². The number of ether oxygens (including phenoxy) is 7. The van der Waals surface area contributed by atoms with Crippen LogP contribution in [-0.4, -0.2) is 41.8 Å². The molecule has 0 amide bonds. The van der Waals surface area contributed by atoms with E-state index >= 15 is 0 Å². The molecule has 15 aromatic rings. The van der Waals surface area contributed by atoms with E-state index in [2.05, 4.69) is 50.9 Å². The molecule has 15 aromatic carbocycles. The number of esters is 7. The molecule has 14 nitrogen and oxygen atoms in total. The van der Waals surface area contributed by atoms with Crippen LogP contribution in [-0.2, 0) is 56.2 Å². The lowest BCUT2D eigenvalue weighted by Gasteiger charge is -2.20. The number of hydrogen-bond donors (Lipinski definition) is 0. The van der Waals surface area contributed by atoms with E-state index < -0.39 is 5.41 Å². The molecule has 0 saturated carbocycles. The van der Waals surface area contributed by atoms with Gasteiger partial charge in [0, 0.05) is 72.9 Å². The summed E-state index contributed by atoms with van der Waals surface area (Å²) in [6.07, 6.45) is 5.43. The van der Waals surface area contributed by atoms with Crippen molar-refractivity contribution in [2.45, 2.75) is 183 Å². The summed E-state index contributed by atoms with van der Waals surface area (Å²) in [4.78, 5) is 83.6. The maximum atomic E-state index is 12.3. The Kier molecular flexibility index (Phi) is 40.2. The van der Waals surface area contributed by atoms with Gasteiger partial charge in [0.25, 0.3) is 0 Å². The van der Waals surface area contributed by atoms with Gasteiger partial charge in [-0.3, -0.25) is 33.6 Å². The molecule has 5 atom stereocenters. The summed E-state index contributed by atoms with van der Waals surface area (Å²) >= 11 is 25.3. The van der Waals surface area contributed by atoms with Crippen LogP contribution in [0, 0.1) is 54.3 Å². The Morgan fingerprint density at radius 3 is 0.918 bits per heavy atom. The quantitative estimate of drug-likeness (QED) is 0.0335. The van der Waals surface area contributed by atoms with Crippen molar-refractivity contribution in [2.24, 2.45) is 40.4 Å². The first-order valence-corrected chi connectivity index (χ1v) is 48.4. The van der Waals surface area contributed by atoms with Crippen molar-refractivity contribution in [2.75, 3.05) is 0 Å². The van der Waals surface area contributed by atoms with Crippen LogP contribution in [0.2, 0.25) is 15.1 Å². The zero-order valence-corrected chi connectivity index (χ0v) is 85.2. The molecule has 19 heteroatoms. The fourth-order valence-electron chi connectivity index (χ4n) is 13.3. The van der Waals surface area contributed by atoms with Gasteiger partial charge in [0.2, 0.25) is 0 Å². The Morgan fingerprint density at radius 1 is 0.306 bits per heavy atom. The van der Waals surface area contributed by atoms with Crippen molar-refractivity contribution in [1.29, 1.82) is 0 Å². The van der Waals surface area contributed by atoms with Gasteiger partial charge in [0.15, 0.2) is 0 Å². The molecule has 5 unspecified atom stereocenters. The molecule has 700 valence electrons. The molecule has 0 aromatic heterocycles. The van der Waals surface area contributed by atoms with Crippen LogP contribution in [0.1, 0.15) is 178 Å². The van der Waals surface area contributed by atoms with Crippen LogP contribution in [0.25, 0.3) is 86.2 Å². The number of rotatable bonds is 23. The Morgan fingerprint density at radius 2 is 0.575 bits per heavy atom. The minimum atomic E-state index is -0.410. The molecule has 0 aliphatic carbocycles. The lowest BCUT2D eigenvalue weighted by atomic mass is 9.91. The van der Waals surface area contributed by atoms with Crippen molar-refractivity contribution in [3.63, 3.8) is 0 Å². The summed E-state index contributed by atoms with van der Waals surface area (Å²) in [7, 11) is 0. The average Bonchev–Trinajstić information content (AvgIpc) is 0.761. The Hall–Kier alpha value is -11.5. The first-order chi connectivity index (χ1) is 64.0. The Labute approximate surface area is 820 Å². The zero-order valence-electron chi connectivity index (χ0n) is 79.8. The van der Waals surface area contributed by atoms with Gasteiger partial charge in [0.05, 0.1) is 45.4 Å². The summed E-state index contributed by atoms with van der Waals surface area (Å²) in [6, 6.07) is 85.8. The maximum Gasteiger partial charge on any atom is 0.314 e. The predicted octanol–water partition coefficient (Wildman–Crippen LogP) is 32.9. The molecule has 0 aliphatic rings. The maximum absolute atomic E-state index is 12.3. The molecular weight excluding hydrogens is 1870 g/mol. The monoisotopic (exact) mass is 1990 g/mol. The molecule has 0 N–H and O–H groups in total. The molecule has 0 aliphatic heterocycles. The van der Waals surface area contributed by atoms with Gasteiger partial charge < -0.3 is 33.2 Å². The minimum Gasteiger partial charge on any atom is -0.460 e. The lowest BCUT2D eigenvalue weighted by Crippen LogP contribution is -2.25. The molecule has 0 heterocycles. The predicted molar refractivity (Wildman–Crippen MR) is 558 cm³/mol. The van der Waals surface area contributed by atoms with Crippen LogP contribution in [0.4, 0.5) is 0 Å². The van der Waals surface area contributed by atoms with Crippen LogP contribution in [0.15, 0.2) is 276 Å². The Balaban J connectivity index is 0.000000176. The van der Waals surface area contributed by atoms with Gasteiger partial charge in [-0.1, -0.05) is 346 Å². The largest absolute Gasteiger partial charge is 0.460 e. The van der Waals surface area contributed by atoms with Crippen LogP contribution in [0.5, 0.6) is 28.7 Å². The number of halogens is 5. The number of carbonyl (C=O) groups excluding carboxylic acids is 7. The van der Waals surface area contributed by atoms with Crippen LogP contribution < -0.4 is 23.7 Å². The second-order valence-electron chi connectivity index (χ2n) is 34.7. The summed E-state index contributed by atoms with van der Waals surface area (Å²) < 4.78 is 40.6. The van der Waals surface area contributed by atoms with E-state index in [1.165, 1.54) is 11.1 Å². The van der Waals surface area contributed by atoms with E-state index in [0.717, 1.165) is 151 Å². The van der Waals surface area contributed by atoms with Crippen LogP contribution >= 0.6 is 66.7 Å². The first kappa shape index (κ1) is 106. The van der Waals surface area contributed by atoms with Crippen molar-refractivity contribution in [3.05, 3.63) is 313 Å². The summed E-state index contributed by atoms with van der Waals surface area (Å²) in [6.45, 7) is 35.7. The molecule has 0 bridgehead atoms. The number of benzene rings is 15. The second kappa shape index (κ2) is 50.7. The smallest absolute Gasteiger partial charge is 0.314 e. The van der Waals surface area contributed by atoms with E-state index in [1.807, 2.05) is 354 Å². The van der Waals surface area contributed by atoms with Gasteiger partial charge in [-0.15, -0.1) is 0 Å². The highest BCUT2D eigenvalue weighted by atomic mass is 79.9.